The van der Waals surface area contributed by atoms with Crippen LogP contribution in [-0.2, 0) is 6.18 Å². The summed E-state index contributed by atoms with van der Waals surface area (Å²) in [5, 5.41) is 1.95. The summed E-state index contributed by atoms with van der Waals surface area (Å²) in [7, 11) is 0. The van der Waals surface area contributed by atoms with E-state index in [4.69, 9.17) is 0 Å². The summed E-state index contributed by atoms with van der Waals surface area (Å²) < 4.78 is 37.8. The maximum Gasteiger partial charge on any atom is 0.432 e. The summed E-state index contributed by atoms with van der Waals surface area (Å²) in [4.78, 5) is 18.9. The van der Waals surface area contributed by atoms with Gasteiger partial charge in [-0.25, -0.2) is 14.6 Å². The van der Waals surface area contributed by atoms with Crippen molar-refractivity contribution < 1.29 is 13.2 Å². The third-order valence-corrected chi connectivity index (χ3v) is 2.04. The van der Waals surface area contributed by atoms with Gasteiger partial charge in [0, 0.05) is 17.8 Å². The second kappa shape index (κ2) is 3.72. The number of hydrogen-bond donors (Lipinski definition) is 1. The number of aromatic amines is 1. The van der Waals surface area contributed by atoms with Crippen LogP contribution in [0.15, 0.2) is 23.3 Å². The van der Waals surface area contributed by atoms with Crippen molar-refractivity contribution in [2.45, 2.75) is 13.1 Å². The van der Waals surface area contributed by atoms with E-state index in [1.54, 1.807) is 6.92 Å². The molecule has 1 N–H and O–H groups in total. The highest BCUT2D eigenvalue weighted by molar-refractivity contribution is 5.23. The molecule has 0 aliphatic heterocycles. The van der Waals surface area contributed by atoms with E-state index in [1.165, 1.54) is 12.4 Å². The van der Waals surface area contributed by atoms with Crippen LogP contribution < -0.4 is 5.56 Å². The lowest BCUT2D eigenvalue weighted by atomic mass is 10.4. The van der Waals surface area contributed by atoms with Crippen LogP contribution in [0.25, 0.3) is 5.82 Å². The smallest absolute Gasteiger partial charge is 0.285 e. The summed E-state index contributed by atoms with van der Waals surface area (Å²) in [5.74, 6) is 0.0676. The molecule has 0 bridgehead atoms. The van der Waals surface area contributed by atoms with E-state index in [-0.39, 0.29) is 5.82 Å². The Labute approximate surface area is 92.9 Å². The zero-order valence-electron chi connectivity index (χ0n) is 8.62. The number of nitrogens with zero attached hydrogens (tertiary/aromatic N) is 3. The Morgan fingerprint density at radius 3 is 2.53 bits per heavy atom. The lowest BCUT2D eigenvalue weighted by Gasteiger charge is -2.03. The summed E-state index contributed by atoms with van der Waals surface area (Å²) in [5.41, 5.74) is -1.39. The third-order valence-electron chi connectivity index (χ3n) is 2.04. The number of nitrogens with one attached hydrogen (secondary N) is 1. The van der Waals surface area contributed by atoms with Crippen LogP contribution in [0.2, 0.25) is 0 Å². The van der Waals surface area contributed by atoms with E-state index in [0.717, 1.165) is 4.68 Å². The lowest BCUT2D eigenvalue weighted by molar-refractivity contribution is -0.141. The van der Waals surface area contributed by atoms with Gasteiger partial charge in [-0.2, -0.15) is 13.2 Å². The zero-order valence-corrected chi connectivity index (χ0v) is 8.62. The van der Waals surface area contributed by atoms with Crippen LogP contribution in [0.1, 0.15) is 11.4 Å². The molecule has 5 nitrogen and oxygen atoms in total. The van der Waals surface area contributed by atoms with Crippen LogP contribution in [0, 0.1) is 6.92 Å². The monoisotopic (exact) mass is 244 g/mol. The number of H-pyrrole nitrogens is 1. The molecule has 0 saturated heterocycles. The van der Waals surface area contributed by atoms with Gasteiger partial charge in [-0.05, 0) is 6.92 Å². The van der Waals surface area contributed by atoms with Gasteiger partial charge in [-0.1, -0.05) is 0 Å². The minimum atomic E-state index is -4.59. The van der Waals surface area contributed by atoms with E-state index in [9.17, 15) is 18.0 Å². The summed E-state index contributed by atoms with van der Waals surface area (Å²) >= 11 is 0. The number of halogens is 3. The van der Waals surface area contributed by atoms with E-state index >= 15 is 0 Å². The fourth-order valence-electron chi connectivity index (χ4n) is 1.27. The summed E-state index contributed by atoms with van der Waals surface area (Å²) in [6.07, 6.45) is -3.42. The van der Waals surface area contributed by atoms with Crippen molar-refractivity contribution in [3.8, 4) is 5.82 Å². The Morgan fingerprint density at radius 1 is 1.29 bits per heavy atom. The van der Waals surface area contributed by atoms with E-state index in [1.807, 2.05) is 5.10 Å². The molecule has 2 aromatic heterocycles. The van der Waals surface area contributed by atoms with Gasteiger partial charge in [0.05, 0.1) is 0 Å². The van der Waals surface area contributed by atoms with Gasteiger partial charge >= 0.3 is 6.18 Å². The Hall–Kier alpha value is -2.12. The van der Waals surface area contributed by atoms with Crippen molar-refractivity contribution in [3.05, 3.63) is 40.2 Å². The number of aryl methyl sites for hydroxylation is 1. The highest BCUT2D eigenvalue weighted by Crippen LogP contribution is 2.26. The first-order valence-electron chi connectivity index (χ1n) is 4.56. The van der Waals surface area contributed by atoms with Gasteiger partial charge in [0.15, 0.2) is 5.82 Å². The average molecular weight is 244 g/mol. The van der Waals surface area contributed by atoms with Crippen LogP contribution in [0.4, 0.5) is 13.2 Å². The number of alkyl halides is 3. The minimum Gasteiger partial charge on any atom is -0.285 e. The molecule has 17 heavy (non-hydrogen) atoms. The van der Waals surface area contributed by atoms with Gasteiger partial charge in [0.25, 0.3) is 5.56 Å². The molecule has 0 unspecified atom stereocenters. The standard InChI is InChI=1S/C9H7F3N4O/c1-5-2-7(14-4-13-5)16-8(17)3-6(15-16)9(10,11)12/h2-4,15H,1H3. The number of hydrogen-bond acceptors (Lipinski definition) is 3. The molecular formula is C9H7F3N4O. The van der Waals surface area contributed by atoms with Gasteiger partial charge in [0.1, 0.15) is 12.0 Å². The molecule has 0 aliphatic rings. The first-order chi connectivity index (χ1) is 7.88. The van der Waals surface area contributed by atoms with Crippen molar-refractivity contribution in [3.63, 3.8) is 0 Å². The number of rotatable bonds is 1. The van der Waals surface area contributed by atoms with E-state index in [0.29, 0.717) is 11.8 Å². The molecule has 0 amide bonds. The Bertz CT molecular complexity index is 599. The van der Waals surface area contributed by atoms with Gasteiger partial charge in [-0.15, -0.1) is 0 Å². The fraction of sp³-hybridized carbons (Fsp3) is 0.222. The Morgan fingerprint density at radius 2 is 2.00 bits per heavy atom. The maximum atomic E-state index is 12.4. The molecule has 0 spiro atoms. The molecule has 0 atom stereocenters. The molecule has 8 heteroatoms. The second-order valence-electron chi connectivity index (χ2n) is 3.36. The van der Waals surface area contributed by atoms with Crippen molar-refractivity contribution in [1.82, 2.24) is 19.7 Å². The predicted molar refractivity (Wildman–Crippen MR) is 51.7 cm³/mol. The van der Waals surface area contributed by atoms with Gasteiger partial charge in [-0.3, -0.25) is 9.89 Å². The molecule has 0 aromatic carbocycles. The van der Waals surface area contributed by atoms with E-state index < -0.39 is 17.4 Å². The third kappa shape index (κ3) is 2.19. The normalized spacial score (nSPS) is 11.8. The lowest BCUT2D eigenvalue weighted by Crippen LogP contribution is -2.15. The quantitative estimate of drug-likeness (QED) is 0.821. The molecule has 90 valence electrons. The van der Waals surface area contributed by atoms with Crippen LogP contribution in [-0.4, -0.2) is 19.7 Å². The molecule has 0 radical (unpaired) electrons. The van der Waals surface area contributed by atoms with Crippen molar-refractivity contribution in [1.29, 1.82) is 0 Å². The van der Waals surface area contributed by atoms with Crippen molar-refractivity contribution in [2.75, 3.05) is 0 Å². The zero-order chi connectivity index (χ0) is 12.6. The highest BCUT2D eigenvalue weighted by Gasteiger charge is 2.33. The number of aromatic nitrogens is 4. The predicted octanol–water partition coefficient (Wildman–Crippen LogP) is 1.28. The average Bonchev–Trinajstić information content (AvgIpc) is 2.60. The minimum absolute atomic E-state index is 0.0676. The Balaban J connectivity index is 2.54. The largest absolute Gasteiger partial charge is 0.432 e. The second-order valence-corrected chi connectivity index (χ2v) is 3.36. The van der Waals surface area contributed by atoms with Crippen LogP contribution in [0.3, 0.4) is 0 Å². The highest BCUT2D eigenvalue weighted by atomic mass is 19.4. The fourth-order valence-corrected chi connectivity index (χ4v) is 1.27. The van der Waals surface area contributed by atoms with Gasteiger partial charge in [0.2, 0.25) is 0 Å². The molecular weight excluding hydrogens is 237 g/mol. The van der Waals surface area contributed by atoms with Crippen LogP contribution in [0.5, 0.6) is 0 Å². The molecule has 0 saturated carbocycles. The maximum absolute atomic E-state index is 12.4. The molecule has 2 aromatic rings. The SMILES string of the molecule is Cc1cc(-n2[nH]c(C(F)(F)F)cc2=O)ncn1. The molecule has 2 rings (SSSR count). The molecule has 0 aliphatic carbocycles. The van der Waals surface area contributed by atoms with Crippen LogP contribution >= 0.6 is 0 Å². The first-order valence-corrected chi connectivity index (χ1v) is 4.56. The molecule has 0 fully saturated rings. The topological polar surface area (TPSA) is 63.6 Å². The summed E-state index contributed by atoms with van der Waals surface area (Å²) in [6, 6.07) is 1.88. The summed E-state index contributed by atoms with van der Waals surface area (Å²) in [6.45, 7) is 1.64. The van der Waals surface area contributed by atoms with Crippen molar-refractivity contribution in [2.24, 2.45) is 0 Å². The van der Waals surface area contributed by atoms with Gasteiger partial charge < -0.3 is 0 Å². The van der Waals surface area contributed by atoms with E-state index in [2.05, 4.69) is 9.97 Å². The van der Waals surface area contributed by atoms with Crippen molar-refractivity contribution >= 4 is 0 Å². The first kappa shape index (κ1) is 11.4. The Kier molecular flexibility index (Phi) is 2.49. The molecule has 2 heterocycles.